The zero-order valence-corrected chi connectivity index (χ0v) is 11.9. The topological polar surface area (TPSA) is 54.9 Å². The van der Waals surface area contributed by atoms with E-state index in [9.17, 15) is 4.79 Å². The number of rotatable bonds is 4. The van der Waals surface area contributed by atoms with Crippen LogP contribution in [0.5, 0.6) is 0 Å². The summed E-state index contributed by atoms with van der Waals surface area (Å²) in [5.41, 5.74) is 2.64. The summed E-state index contributed by atoms with van der Waals surface area (Å²) < 4.78 is 0. The van der Waals surface area contributed by atoms with Crippen LogP contribution in [0.2, 0.25) is 0 Å². The molecule has 1 N–H and O–H groups in total. The molecule has 0 fully saturated rings. The molecule has 3 aromatic rings. The van der Waals surface area contributed by atoms with E-state index < -0.39 is 0 Å². The van der Waals surface area contributed by atoms with Crippen molar-refractivity contribution in [3.05, 3.63) is 78.3 Å². The van der Waals surface area contributed by atoms with Gasteiger partial charge in [-0.15, -0.1) is 0 Å². The molecule has 0 saturated heterocycles. The van der Waals surface area contributed by atoms with E-state index in [2.05, 4.69) is 15.3 Å². The highest BCUT2D eigenvalue weighted by Crippen LogP contribution is 2.16. The van der Waals surface area contributed by atoms with Gasteiger partial charge >= 0.3 is 0 Å². The third kappa shape index (κ3) is 3.35. The van der Waals surface area contributed by atoms with Crippen molar-refractivity contribution < 1.29 is 4.79 Å². The predicted molar refractivity (Wildman–Crippen MR) is 86.9 cm³/mol. The van der Waals surface area contributed by atoms with E-state index in [1.165, 1.54) is 6.08 Å². The SMILES string of the molecule is O=C(/C=C/c1cccc2cccnc12)NCc1ccccn1. The second kappa shape index (κ2) is 6.63. The number of hydrogen-bond donors (Lipinski definition) is 1. The summed E-state index contributed by atoms with van der Waals surface area (Å²) in [5.74, 6) is -0.154. The number of aromatic nitrogens is 2. The van der Waals surface area contributed by atoms with Gasteiger partial charge in [-0.25, -0.2) is 0 Å². The molecule has 22 heavy (non-hydrogen) atoms. The quantitative estimate of drug-likeness (QED) is 0.751. The van der Waals surface area contributed by atoms with E-state index in [0.29, 0.717) is 6.54 Å². The lowest BCUT2D eigenvalue weighted by Gasteiger charge is -2.02. The van der Waals surface area contributed by atoms with Crippen LogP contribution in [0, 0.1) is 0 Å². The Balaban J connectivity index is 1.69. The lowest BCUT2D eigenvalue weighted by atomic mass is 10.1. The summed E-state index contributed by atoms with van der Waals surface area (Å²) in [6.07, 6.45) is 6.76. The Kier molecular flexibility index (Phi) is 4.20. The number of fused-ring (bicyclic) bond motifs is 1. The minimum absolute atomic E-state index is 0.154. The van der Waals surface area contributed by atoms with Crippen molar-refractivity contribution >= 4 is 22.9 Å². The van der Waals surface area contributed by atoms with Crippen LogP contribution in [0.1, 0.15) is 11.3 Å². The van der Waals surface area contributed by atoms with E-state index in [-0.39, 0.29) is 5.91 Å². The van der Waals surface area contributed by atoms with Crippen molar-refractivity contribution in [3.63, 3.8) is 0 Å². The second-order valence-corrected chi connectivity index (χ2v) is 4.79. The summed E-state index contributed by atoms with van der Waals surface area (Å²) in [7, 11) is 0. The summed E-state index contributed by atoms with van der Waals surface area (Å²) in [6, 6.07) is 15.4. The van der Waals surface area contributed by atoms with Gasteiger partial charge in [0.05, 0.1) is 17.8 Å². The number of carbonyl (C=O) groups excluding carboxylic acids is 1. The molecular formula is C18H15N3O. The van der Waals surface area contributed by atoms with Gasteiger partial charge in [0, 0.05) is 29.4 Å². The first-order valence-electron chi connectivity index (χ1n) is 7.02. The van der Waals surface area contributed by atoms with Crippen molar-refractivity contribution in [2.45, 2.75) is 6.54 Å². The van der Waals surface area contributed by atoms with Crippen molar-refractivity contribution in [3.8, 4) is 0 Å². The summed E-state index contributed by atoms with van der Waals surface area (Å²) in [5, 5.41) is 3.86. The predicted octanol–water partition coefficient (Wildman–Crippen LogP) is 2.96. The number of nitrogens with zero attached hydrogens (tertiary/aromatic N) is 2. The minimum atomic E-state index is -0.154. The molecule has 108 valence electrons. The zero-order chi connectivity index (χ0) is 15.2. The minimum Gasteiger partial charge on any atom is -0.347 e. The average Bonchev–Trinajstić information content (AvgIpc) is 2.59. The van der Waals surface area contributed by atoms with Gasteiger partial charge in [-0.05, 0) is 24.3 Å². The van der Waals surface area contributed by atoms with E-state index in [1.54, 1.807) is 18.5 Å². The molecule has 0 radical (unpaired) electrons. The Morgan fingerprint density at radius 2 is 1.86 bits per heavy atom. The highest BCUT2D eigenvalue weighted by molar-refractivity contribution is 5.95. The first-order chi connectivity index (χ1) is 10.8. The number of carbonyl (C=O) groups is 1. The second-order valence-electron chi connectivity index (χ2n) is 4.79. The number of nitrogens with one attached hydrogen (secondary N) is 1. The fourth-order valence-corrected chi connectivity index (χ4v) is 2.17. The van der Waals surface area contributed by atoms with Crippen molar-refractivity contribution in [2.24, 2.45) is 0 Å². The number of hydrogen-bond acceptors (Lipinski definition) is 3. The Labute approximate surface area is 128 Å². The fourth-order valence-electron chi connectivity index (χ4n) is 2.17. The molecule has 0 aliphatic carbocycles. The molecule has 1 amide bonds. The normalized spacial score (nSPS) is 10.9. The maximum absolute atomic E-state index is 11.9. The van der Waals surface area contributed by atoms with E-state index in [0.717, 1.165) is 22.2 Å². The van der Waals surface area contributed by atoms with E-state index in [1.807, 2.05) is 48.5 Å². The van der Waals surface area contributed by atoms with Crippen LogP contribution in [0.25, 0.3) is 17.0 Å². The van der Waals surface area contributed by atoms with Crippen LogP contribution < -0.4 is 5.32 Å². The molecule has 2 aromatic heterocycles. The van der Waals surface area contributed by atoms with E-state index in [4.69, 9.17) is 0 Å². The van der Waals surface area contributed by atoms with Gasteiger partial charge in [0.15, 0.2) is 0 Å². The van der Waals surface area contributed by atoms with Crippen molar-refractivity contribution in [1.29, 1.82) is 0 Å². The molecule has 1 aromatic carbocycles. The first kappa shape index (κ1) is 13.9. The Morgan fingerprint density at radius 3 is 2.73 bits per heavy atom. The largest absolute Gasteiger partial charge is 0.347 e. The summed E-state index contributed by atoms with van der Waals surface area (Å²) in [4.78, 5) is 20.4. The molecule has 0 aliphatic heterocycles. The Morgan fingerprint density at radius 1 is 1.00 bits per heavy atom. The van der Waals surface area contributed by atoms with Gasteiger partial charge < -0.3 is 5.32 Å². The highest BCUT2D eigenvalue weighted by atomic mass is 16.1. The Hall–Kier alpha value is -3.01. The number of amides is 1. The monoisotopic (exact) mass is 289 g/mol. The smallest absolute Gasteiger partial charge is 0.244 e. The molecule has 0 spiro atoms. The molecule has 2 heterocycles. The highest BCUT2D eigenvalue weighted by Gasteiger charge is 2.00. The third-order valence-corrected chi connectivity index (χ3v) is 3.25. The number of benzene rings is 1. The summed E-state index contributed by atoms with van der Waals surface area (Å²) in [6.45, 7) is 0.414. The van der Waals surface area contributed by atoms with Crippen LogP contribution in [-0.4, -0.2) is 15.9 Å². The van der Waals surface area contributed by atoms with Crippen LogP contribution in [-0.2, 0) is 11.3 Å². The molecule has 0 unspecified atom stereocenters. The van der Waals surface area contributed by atoms with Crippen LogP contribution in [0.3, 0.4) is 0 Å². The van der Waals surface area contributed by atoms with Gasteiger partial charge in [0.1, 0.15) is 0 Å². The van der Waals surface area contributed by atoms with Gasteiger partial charge in [-0.2, -0.15) is 0 Å². The standard InChI is InChI=1S/C18H15N3O/c22-17(21-13-16-8-1-2-11-19-16)10-9-15-6-3-5-14-7-4-12-20-18(14)15/h1-12H,13H2,(H,21,22)/b10-9+. The van der Waals surface area contributed by atoms with Gasteiger partial charge in [0.2, 0.25) is 5.91 Å². The molecule has 0 aliphatic rings. The van der Waals surface area contributed by atoms with Crippen LogP contribution >= 0.6 is 0 Å². The van der Waals surface area contributed by atoms with Gasteiger partial charge in [0.25, 0.3) is 0 Å². The van der Waals surface area contributed by atoms with Gasteiger partial charge in [-0.1, -0.05) is 30.3 Å². The molecule has 0 atom stereocenters. The molecular weight excluding hydrogens is 274 g/mol. The third-order valence-electron chi connectivity index (χ3n) is 3.25. The maximum atomic E-state index is 11.9. The number of para-hydroxylation sites is 1. The molecule has 0 bridgehead atoms. The van der Waals surface area contributed by atoms with Gasteiger partial charge in [-0.3, -0.25) is 14.8 Å². The fraction of sp³-hybridized carbons (Fsp3) is 0.0556. The van der Waals surface area contributed by atoms with Crippen LogP contribution in [0.4, 0.5) is 0 Å². The zero-order valence-electron chi connectivity index (χ0n) is 11.9. The van der Waals surface area contributed by atoms with E-state index >= 15 is 0 Å². The molecule has 0 saturated carbocycles. The molecule has 4 heteroatoms. The lowest BCUT2D eigenvalue weighted by molar-refractivity contribution is -0.116. The first-order valence-corrected chi connectivity index (χ1v) is 7.02. The number of pyridine rings is 2. The maximum Gasteiger partial charge on any atom is 0.244 e. The average molecular weight is 289 g/mol. The molecule has 3 rings (SSSR count). The van der Waals surface area contributed by atoms with Crippen molar-refractivity contribution in [1.82, 2.24) is 15.3 Å². The molecule has 4 nitrogen and oxygen atoms in total. The van der Waals surface area contributed by atoms with Crippen molar-refractivity contribution in [2.75, 3.05) is 0 Å². The summed E-state index contributed by atoms with van der Waals surface area (Å²) >= 11 is 0. The Bertz CT molecular complexity index is 807. The van der Waals surface area contributed by atoms with Crippen LogP contribution in [0.15, 0.2) is 67.0 Å². The lowest BCUT2D eigenvalue weighted by Crippen LogP contribution is -2.20.